The molecule has 0 aliphatic heterocycles. The summed E-state index contributed by atoms with van der Waals surface area (Å²) in [5.41, 5.74) is 7.42. The molecule has 1 aromatic carbocycles. The second-order valence-corrected chi connectivity index (χ2v) is 5.54. The van der Waals surface area contributed by atoms with E-state index in [2.05, 4.69) is 12.1 Å². The van der Waals surface area contributed by atoms with Crippen molar-refractivity contribution >= 4 is 0 Å². The van der Waals surface area contributed by atoms with Crippen molar-refractivity contribution in [3.63, 3.8) is 0 Å². The lowest BCUT2D eigenvalue weighted by atomic mass is 9.77. The standard InChI is InChI=1S/C14H18FN/c15-13(5-2-6-13)10-11-3-1-4-12(9-11)14(16)7-8-14/h1,3-4,9H,2,5-8,10,16H2. The van der Waals surface area contributed by atoms with Gasteiger partial charge in [-0.2, -0.15) is 0 Å². The van der Waals surface area contributed by atoms with Crippen LogP contribution in [0.25, 0.3) is 0 Å². The fraction of sp³-hybridized carbons (Fsp3) is 0.571. The topological polar surface area (TPSA) is 26.0 Å². The van der Waals surface area contributed by atoms with Gasteiger partial charge in [0.1, 0.15) is 5.67 Å². The zero-order chi connectivity index (χ0) is 11.2. The van der Waals surface area contributed by atoms with Gasteiger partial charge in [0, 0.05) is 12.0 Å². The molecule has 0 unspecified atom stereocenters. The summed E-state index contributed by atoms with van der Waals surface area (Å²) in [6.07, 6.45) is 5.19. The summed E-state index contributed by atoms with van der Waals surface area (Å²) in [4.78, 5) is 0. The lowest BCUT2D eigenvalue weighted by Crippen LogP contribution is -2.34. The molecule has 86 valence electrons. The van der Waals surface area contributed by atoms with E-state index in [1.54, 1.807) is 0 Å². The maximum absolute atomic E-state index is 14.0. The molecule has 2 heteroatoms. The molecule has 1 aromatic rings. The normalized spacial score (nSPS) is 24.9. The molecule has 0 bridgehead atoms. The van der Waals surface area contributed by atoms with Crippen LogP contribution in [0, 0.1) is 0 Å². The van der Waals surface area contributed by atoms with Gasteiger partial charge in [0.05, 0.1) is 0 Å². The van der Waals surface area contributed by atoms with Crippen molar-refractivity contribution in [2.45, 2.75) is 49.7 Å². The van der Waals surface area contributed by atoms with Crippen molar-refractivity contribution in [3.8, 4) is 0 Å². The van der Waals surface area contributed by atoms with E-state index in [9.17, 15) is 4.39 Å². The maximum atomic E-state index is 14.0. The number of nitrogens with two attached hydrogens (primary N) is 1. The van der Waals surface area contributed by atoms with Gasteiger partial charge >= 0.3 is 0 Å². The summed E-state index contributed by atoms with van der Waals surface area (Å²) in [6.45, 7) is 0. The van der Waals surface area contributed by atoms with Gasteiger partial charge in [-0.3, -0.25) is 0 Å². The van der Waals surface area contributed by atoms with Crippen molar-refractivity contribution in [1.82, 2.24) is 0 Å². The van der Waals surface area contributed by atoms with Crippen LogP contribution in [0.4, 0.5) is 4.39 Å². The quantitative estimate of drug-likeness (QED) is 0.830. The average molecular weight is 219 g/mol. The Balaban J connectivity index is 1.80. The van der Waals surface area contributed by atoms with Crippen LogP contribution < -0.4 is 5.73 Å². The third-order valence-electron chi connectivity index (χ3n) is 4.06. The molecule has 0 saturated heterocycles. The molecule has 0 atom stereocenters. The van der Waals surface area contributed by atoms with Gasteiger partial charge < -0.3 is 5.73 Å². The van der Waals surface area contributed by atoms with E-state index >= 15 is 0 Å². The fourth-order valence-corrected chi connectivity index (χ4v) is 2.52. The monoisotopic (exact) mass is 219 g/mol. The highest BCUT2D eigenvalue weighted by molar-refractivity contribution is 5.34. The van der Waals surface area contributed by atoms with Crippen LogP contribution in [0.1, 0.15) is 43.2 Å². The summed E-state index contributed by atoms with van der Waals surface area (Å²) < 4.78 is 14.0. The minimum Gasteiger partial charge on any atom is -0.321 e. The van der Waals surface area contributed by atoms with Crippen LogP contribution in [0.5, 0.6) is 0 Å². The second-order valence-electron chi connectivity index (χ2n) is 5.54. The van der Waals surface area contributed by atoms with Crippen LogP contribution in [0.3, 0.4) is 0 Å². The van der Waals surface area contributed by atoms with E-state index < -0.39 is 5.67 Å². The lowest BCUT2D eigenvalue weighted by Gasteiger charge is -2.34. The van der Waals surface area contributed by atoms with E-state index in [4.69, 9.17) is 5.73 Å². The van der Waals surface area contributed by atoms with Gasteiger partial charge in [0.2, 0.25) is 0 Å². The Labute approximate surface area is 95.8 Å². The number of halogens is 1. The molecule has 0 amide bonds. The Hall–Kier alpha value is -0.890. The molecular formula is C14H18FN. The van der Waals surface area contributed by atoms with E-state index in [1.807, 2.05) is 12.1 Å². The highest BCUT2D eigenvalue weighted by Gasteiger charge is 2.41. The minimum atomic E-state index is -0.927. The summed E-state index contributed by atoms with van der Waals surface area (Å²) in [5.74, 6) is 0. The molecule has 2 saturated carbocycles. The molecule has 2 N–H and O–H groups in total. The molecule has 0 heterocycles. The third kappa shape index (κ3) is 1.75. The van der Waals surface area contributed by atoms with Gasteiger partial charge in [-0.05, 0) is 43.2 Å². The number of benzene rings is 1. The van der Waals surface area contributed by atoms with Crippen molar-refractivity contribution in [2.24, 2.45) is 5.73 Å². The molecule has 0 radical (unpaired) electrons. The predicted octanol–water partition coefficient (Wildman–Crippen LogP) is 3.07. The molecule has 16 heavy (non-hydrogen) atoms. The van der Waals surface area contributed by atoms with Gasteiger partial charge in [-0.1, -0.05) is 24.3 Å². The molecular weight excluding hydrogens is 201 g/mol. The van der Waals surface area contributed by atoms with Crippen LogP contribution in [-0.4, -0.2) is 5.67 Å². The van der Waals surface area contributed by atoms with Crippen molar-refractivity contribution in [2.75, 3.05) is 0 Å². The van der Waals surface area contributed by atoms with Gasteiger partial charge in [0.15, 0.2) is 0 Å². The Bertz CT molecular complexity index is 405. The Morgan fingerprint density at radius 2 is 1.94 bits per heavy atom. The average Bonchev–Trinajstić information content (AvgIpc) is 2.96. The first-order valence-corrected chi connectivity index (χ1v) is 6.17. The molecule has 1 nitrogen and oxygen atoms in total. The first kappa shape index (κ1) is 10.3. The molecule has 0 aromatic heterocycles. The van der Waals surface area contributed by atoms with Gasteiger partial charge in [-0.25, -0.2) is 4.39 Å². The van der Waals surface area contributed by atoms with Crippen LogP contribution >= 0.6 is 0 Å². The summed E-state index contributed by atoms with van der Waals surface area (Å²) in [7, 11) is 0. The summed E-state index contributed by atoms with van der Waals surface area (Å²) in [6, 6.07) is 8.21. The molecule has 2 aliphatic rings. The third-order valence-corrected chi connectivity index (χ3v) is 4.06. The first-order chi connectivity index (χ1) is 7.60. The first-order valence-electron chi connectivity index (χ1n) is 6.17. The van der Waals surface area contributed by atoms with Crippen LogP contribution in [0.15, 0.2) is 24.3 Å². The molecule has 3 rings (SSSR count). The van der Waals surface area contributed by atoms with Crippen molar-refractivity contribution < 1.29 is 4.39 Å². The van der Waals surface area contributed by atoms with E-state index in [0.717, 1.165) is 37.7 Å². The number of hydrogen-bond donors (Lipinski definition) is 1. The molecule has 0 spiro atoms. The van der Waals surface area contributed by atoms with Gasteiger partial charge in [0.25, 0.3) is 0 Å². The zero-order valence-electron chi connectivity index (χ0n) is 9.51. The fourth-order valence-electron chi connectivity index (χ4n) is 2.52. The van der Waals surface area contributed by atoms with Crippen molar-refractivity contribution in [1.29, 1.82) is 0 Å². The SMILES string of the molecule is NC1(c2cccc(CC3(F)CCC3)c2)CC1. The summed E-state index contributed by atoms with van der Waals surface area (Å²) in [5, 5.41) is 0. The smallest absolute Gasteiger partial charge is 0.115 e. The largest absolute Gasteiger partial charge is 0.321 e. The second kappa shape index (κ2) is 3.30. The maximum Gasteiger partial charge on any atom is 0.115 e. The predicted molar refractivity (Wildman–Crippen MR) is 62.9 cm³/mol. The Kier molecular flexibility index (Phi) is 2.12. The number of rotatable bonds is 3. The minimum absolute atomic E-state index is 0.0981. The summed E-state index contributed by atoms with van der Waals surface area (Å²) >= 11 is 0. The van der Waals surface area contributed by atoms with E-state index in [1.165, 1.54) is 5.56 Å². The highest BCUT2D eigenvalue weighted by Crippen LogP contribution is 2.44. The molecule has 2 fully saturated rings. The Morgan fingerprint density at radius 3 is 2.50 bits per heavy atom. The number of hydrogen-bond acceptors (Lipinski definition) is 1. The van der Waals surface area contributed by atoms with Crippen LogP contribution in [0.2, 0.25) is 0 Å². The van der Waals surface area contributed by atoms with Crippen LogP contribution in [-0.2, 0) is 12.0 Å². The van der Waals surface area contributed by atoms with E-state index in [-0.39, 0.29) is 5.54 Å². The van der Waals surface area contributed by atoms with Gasteiger partial charge in [-0.15, -0.1) is 0 Å². The Morgan fingerprint density at radius 1 is 1.19 bits per heavy atom. The molecule has 2 aliphatic carbocycles. The zero-order valence-corrected chi connectivity index (χ0v) is 9.51. The highest BCUT2D eigenvalue weighted by atomic mass is 19.1. The lowest BCUT2D eigenvalue weighted by molar-refractivity contribution is 0.0641. The van der Waals surface area contributed by atoms with Crippen molar-refractivity contribution in [3.05, 3.63) is 35.4 Å². The number of alkyl halides is 1. The van der Waals surface area contributed by atoms with E-state index in [0.29, 0.717) is 6.42 Å².